The van der Waals surface area contributed by atoms with Crippen LogP contribution in [0.1, 0.15) is 15.9 Å². The summed E-state index contributed by atoms with van der Waals surface area (Å²) in [4.78, 5) is 15.8. The van der Waals surface area contributed by atoms with Crippen molar-refractivity contribution in [3.63, 3.8) is 0 Å². The Labute approximate surface area is 104 Å². The maximum Gasteiger partial charge on any atom is 0.258 e. The first-order valence-electron chi connectivity index (χ1n) is 5.44. The largest absolute Gasteiger partial charge is 0.388 e. The highest BCUT2D eigenvalue weighted by molar-refractivity contribution is 6.03. The van der Waals surface area contributed by atoms with Gasteiger partial charge < -0.3 is 5.32 Å². The van der Waals surface area contributed by atoms with E-state index in [1.54, 1.807) is 12.1 Å². The predicted molar refractivity (Wildman–Crippen MR) is 68.5 cm³/mol. The van der Waals surface area contributed by atoms with Crippen molar-refractivity contribution in [2.24, 2.45) is 0 Å². The summed E-state index contributed by atoms with van der Waals surface area (Å²) in [6, 6.07) is 5.40. The smallest absolute Gasteiger partial charge is 0.258 e. The highest BCUT2D eigenvalue weighted by Crippen LogP contribution is 2.16. The van der Waals surface area contributed by atoms with Gasteiger partial charge in [-0.15, -0.1) is 5.10 Å². The van der Waals surface area contributed by atoms with Crippen molar-refractivity contribution in [2.75, 3.05) is 17.7 Å². The lowest BCUT2D eigenvalue weighted by atomic mass is 10.1. The number of hydrogen-bond donors (Lipinski definition) is 2. The van der Waals surface area contributed by atoms with E-state index < -0.39 is 0 Å². The van der Waals surface area contributed by atoms with Crippen LogP contribution >= 0.6 is 0 Å². The minimum atomic E-state index is -0.256. The Kier molecular flexibility index (Phi) is 3.47. The summed E-state index contributed by atoms with van der Waals surface area (Å²) in [7, 11) is 1.84. The van der Waals surface area contributed by atoms with Crippen LogP contribution in [0, 0.1) is 6.92 Å². The van der Waals surface area contributed by atoms with Crippen molar-refractivity contribution in [1.82, 2.24) is 15.2 Å². The Morgan fingerprint density at radius 2 is 2.11 bits per heavy atom. The second kappa shape index (κ2) is 5.22. The molecule has 0 aliphatic carbocycles. The van der Waals surface area contributed by atoms with Gasteiger partial charge in [-0.3, -0.25) is 10.1 Å². The quantitative estimate of drug-likeness (QED) is 0.853. The zero-order valence-corrected chi connectivity index (χ0v) is 10.1. The van der Waals surface area contributed by atoms with Gasteiger partial charge in [0.2, 0.25) is 5.95 Å². The molecule has 0 atom stereocenters. The summed E-state index contributed by atoms with van der Waals surface area (Å²) in [5.74, 6) is -0.0633. The number of nitrogens with zero attached hydrogens (tertiary/aromatic N) is 3. The van der Waals surface area contributed by atoms with Crippen molar-refractivity contribution in [1.29, 1.82) is 0 Å². The molecule has 0 saturated carbocycles. The predicted octanol–water partition coefficient (Wildman–Crippen LogP) is 1.47. The Morgan fingerprint density at radius 1 is 1.28 bits per heavy atom. The van der Waals surface area contributed by atoms with E-state index in [2.05, 4.69) is 25.8 Å². The lowest BCUT2D eigenvalue weighted by Gasteiger charge is -2.07. The monoisotopic (exact) mass is 243 g/mol. The van der Waals surface area contributed by atoms with Gasteiger partial charge in [0.1, 0.15) is 0 Å². The molecule has 0 aliphatic rings. The van der Waals surface area contributed by atoms with Gasteiger partial charge in [-0.25, -0.2) is 4.98 Å². The molecule has 2 N–H and O–H groups in total. The van der Waals surface area contributed by atoms with Crippen molar-refractivity contribution >= 4 is 17.5 Å². The second-order valence-corrected chi connectivity index (χ2v) is 3.70. The van der Waals surface area contributed by atoms with Crippen LogP contribution in [0.25, 0.3) is 0 Å². The molecule has 0 spiro atoms. The van der Waals surface area contributed by atoms with Gasteiger partial charge in [0.05, 0.1) is 12.4 Å². The topological polar surface area (TPSA) is 79.8 Å². The minimum Gasteiger partial charge on any atom is -0.388 e. The van der Waals surface area contributed by atoms with Crippen LogP contribution in [0.4, 0.5) is 11.6 Å². The van der Waals surface area contributed by atoms with Crippen LogP contribution in [0.2, 0.25) is 0 Å². The number of aryl methyl sites for hydroxylation is 1. The van der Waals surface area contributed by atoms with Crippen LogP contribution in [0.3, 0.4) is 0 Å². The summed E-state index contributed by atoms with van der Waals surface area (Å²) < 4.78 is 0. The lowest BCUT2D eigenvalue weighted by molar-refractivity contribution is 0.102. The Hall–Kier alpha value is -2.50. The molecule has 0 radical (unpaired) electrons. The number of anilines is 2. The number of rotatable bonds is 3. The minimum absolute atomic E-state index is 0.192. The van der Waals surface area contributed by atoms with Crippen molar-refractivity contribution < 1.29 is 4.79 Å². The SMILES string of the molecule is CNc1ccc(C(=O)Nc2nccnn2)cc1C. The molecule has 6 heteroatoms. The molecule has 1 aromatic carbocycles. The van der Waals surface area contributed by atoms with E-state index in [0.717, 1.165) is 11.3 Å². The summed E-state index contributed by atoms with van der Waals surface area (Å²) in [6.07, 6.45) is 2.92. The standard InChI is InChI=1S/C12H13N5O/c1-8-7-9(3-4-10(8)13-2)11(18)16-12-14-5-6-15-17-12/h3-7,13H,1-2H3,(H,14,16,17,18). The molecule has 92 valence electrons. The Bertz CT molecular complexity index is 556. The zero-order valence-electron chi connectivity index (χ0n) is 10.1. The van der Waals surface area contributed by atoms with Crippen molar-refractivity contribution in [2.45, 2.75) is 6.92 Å². The third-order valence-electron chi connectivity index (χ3n) is 2.47. The van der Waals surface area contributed by atoms with Gasteiger partial charge >= 0.3 is 0 Å². The summed E-state index contributed by atoms with van der Waals surface area (Å²) in [6.45, 7) is 1.93. The van der Waals surface area contributed by atoms with Gasteiger partial charge in [0.25, 0.3) is 5.91 Å². The van der Waals surface area contributed by atoms with Gasteiger partial charge in [0, 0.05) is 18.3 Å². The molecule has 0 bridgehead atoms. The molecule has 0 aliphatic heterocycles. The third kappa shape index (κ3) is 2.60. The maximum atomic E-state index is 11.9. The van der Waals surface area contributed by atoms with Crippen LogP contribution in [-0.2, 0) is 0 Å². The van der Waals surface area contributed by atoms with Crippen LogP contribution in [0.15, 0.2) is 30.6 Å². The van der Waals surface area contributed by atoms with E-state index in [9.17, 15) is 4.79 Å². The number of nitrogens with one attached hydrogen (secondary N) is 2. The second-order valence-electron chi connectivity index (χ2n) is 3.70. The number of carbonyl (C=O) groups excluding carboxylic acids is 1. The summed E-state index contributed by atoms with van der Waals surface area (Å²) in [5.41, 5.74) is 2.54. The Morgan fingerprint density at radius 3 is 2.72 bits per heavy atom. The first kappa shape index (κ1) is 12.0. The Balaban J connectivity index is 2.17. The fourth-order valence-electron chi connectivity index (χ4n) is 1.56. The zero-order chi connectivity index (χ0) is 13.0. The number of amides is 1. The molecule has 2 aromatic rings. The van der Waals surface area contributed by atoms with Gasteiger partial charge in [-0.1, -0.05) is 0 Å². The van der Waals surface area contributed by atoms with Gasteiger partial charge in [-0.05, 0) is 30.7 Å². The van der Waals surface area contributed by atoms with E-state index in [1.807, 2.05) is 20.0 Å². The molecule has 6 nitrogen and oxygen atoms in total. The molecule has 1 heterocycles. The number of benzene rings is 1. The van der Waals surface area contributed by atoms with E-state index in [-0.39, 0.29) is 11.9 Å². The molecule has 0 fully saturated rings. The molecule has 0 saturated heterocycles. The average Bonchev–Trinajstić information content (AvgIpc) is 2.39. The maximum absolute atomic E-state index is 11.9. The van der Waals surface area contributed by atoms with Crippen LogP contribution < -0.4 is 10.6 Å². The van der Waals surface area contributed by atoms with E-state index >= 15 is 0 Å². The molecule has 18 heavy (non-hydrogen) atoms. The van der Waals surface area contributed by atoms with E-state index in [1.165, 1.54) is 12.4 Å². The molecule has 0 unspecified atom stereocenters. The average molecular weight is 243 g/mol. The third-order valence-corrected chi connectivity index (χ3v) is 2.47. The van der Waals surface area contributed by atoms with Crippen molar-refractivity contribution in [3.05, 3.63) is 41.7 Å². The molecular formula is C12H13N5O. The molecule has 1 aromatic heterocycles. The molecule has 2 rings (SSSR count). The first-order chi connectivity index (χ1) is 8.70. The van der Waals surface area contributed by atoms with Gasteiger partial charge in [0.15, 0.2) is 0 Å². The molecular weight excluding hydrogens is 230 g/mol. The van der Waals surface area contributed by atoms with Crippen LogP contribution in [-0.4, -0.2) is 28.1 Å². The number of hydrogen-bond acceptors (Lipinski definition) is 5. The van der Waals surface area contributed by atoms with Crippen LogP contribution in [0.5, 0.6) is 0 Å². The molecule has 1 amide bonds. The normalized spacial score (nSPS) is 9.89. The number of aromatic nitrogens is 3. The van der Waals surface area contributed by atoms with Gasteiger partial charge in [-0.2, -0.15) is 5.10 Å². The highest BCUT2D eigenvalue weighted by atomic mass is 16.1. The van der Waals surface area contributed by atoms with Crippen molar-refractivity contribution in [3.8, 4) is 0 Å². The van der Waals surface area contributed by atoms with E-state index in [0.29, 0.717) is 5.56 Å². The highest BCUT2D eigenvalue weighted by Gasteiger charge is 2.09. The number of carbonyl (C=O) groups is 1. The fourth-order valence-corrected chi connectivity index (χ4v) is 1.56. The summed E-state index contributed by atoms with van der Waals surface area (Å²) >= 11 is 0. The summed E-state index contributed by atoms with van der Waals surface area (Å²) in [5, 5.41) is 13.0. The fraction of sp³-hybridized carbons (Fsp3) is 0.167. The first-order valence-corrected chi connectivity index (χ1v) is 5.44. The lowest BCUT2D eigenvalue weighted by Crippen LogP contribution is -2.14. The van der Waals surface area contributed by atoms with E-state index in [4.69, 9.17) is 0 Å².